The Bertz CT molecular complexity index is 1020. The van der Waals surface area contributed by atoms with E-state index < -0.39 is 0 Å². The number of thioether (sulfide) groups is 1. The highest BCUT2D eigenvalue weighted by molar-refractivity contribution is 7.98. The van der Waals surface area contributed by atoms with E-state index in [4.69, 9.17) is 8.94 Å². The minimum absolute atomic E-state index is 0.0121. The Morgan fingerprint density at radius 1 is 1.00 bits per heavy atom. The van der Waals surface area contributed by atoms with E-state index in [1.54, 1.807) is 33.7 Å². The molecule has 4 rings (SSSR count). The van der Waals surface area contributed by atoms with E-state index in [9.17, 15) is 9.59 Å². The van der Waals surface area contributed by atoms with Gasteiger partial charge in [-0.25, -0.2) is 0 Å². The molecule has 3 heterocycles. The van der Waals surface area contributed by atoms with Crippen LogP contribution in [0.15, 0.2) is 56.5 Å². The number of nitrogens with zero attached hydrogens (tertiary/aromatic N) is 3. The van der Waals surface area contributed by atoms with E-state index in [1.807, 2.05) is 38.1 Å². The first-order valence-electron chi connectivity index (χ1n) is 9.80. The molecule has 7 nitrogen and oxygen atoms in total. The number of rotatable bonds is 5. The van der Waals surface area contributed by atoms with Crippen LogP contribution >= 0.6 is 11.8 Å². The molecule has 0 radical (unpaired) electrons. The largest absolute Gasteiger partial charge is 0.459 e. The molecule has 1 fully saturated rings. The molecule has 1 aromatic carbocycles. The van der Waals surface area contributed by atoms with Crippen molar-refractivity contribution in [3.05, 3.63) is 71.0 Å². The number of piperazine rings is 1. The van der Waals surface area contributed by atoms with Crippen molar-refractivity contribution in [1.82, 2.24) is 15.0 Å². The fourth-order valence-electron chi connectivity index (χ4n) is 3.47. The summed E-state index contributed by atoms with van der Waals surface area (Å²) < 4.78 is 10.4. The number of aromatic nitrogens is 1. The molecule has 1 aliphatic rings. The first-order chi connectivity index (χ1) is 14.5. The number of aryl methyl sites for hydroxylation is 2. The van der Waals surface area contributed by atoms with Gasteiger partial charge >= 0.3 is 0 Å². The van der Waals surface area contributed by atoms with Crippen LogP contribution in [0.2, 0.25) is 0 Å². The van der Waals surface area contributed by atoms with Crippen molar-refractivity contribution in [3.63, 3.8) is 0 Å². The Kier molecular flexibility index (Phi) is 5.94. The molecule has 2 aromatic heterocycles. The average Bonchev–Trinajstić information content (AvgIpc) is 3.42. The van der Waals surface area contributed by atoms with Crippen LogP contribution in [0.25, 0.3) is 0 Å². The molecule has 0 unspecified atom stereocenters. The van der Waals surface area contributed by atoms with Crippen LogP contribution in [0.3, 0.4) is 0 Å². The number of carbonyl (C=O) groups excluding carboxylic acids is 2. The van der Waals surface area contributed by atoms with Gasteiger partial charge in [0.05, 0.1) is 17.5 Å². The summed E-state index contributed by atoms with van der Waals surface area (Å²) in [6.07, 6.45) is 1.49. The van der Waals surface area contributed by atoms with Gasteiger partial charge < -0.3 is 18.7 Å². The van der Waals surface area contributed by atoms with Gasteiger partial charge in [-0.2, -0.15) is 0 Å². The zero-order chi connectivity index (χ0) is 21.1. The number of carbonyl (C=O) groups is 2. The maximum atomic E-state index is 13.2. The maximum Gasteiger partial charge on any atom is 0.289 e. The third kappa shape index (κ3) is 4.14. The third-order valence-corrected chi connectivity index (χ3v) is 6.36. The van der Waals surface area contributed by atoms with E-state index in [0.29, 0.717) is 43.3 Å². The van der Waals surface area contributed by atoms with Crippen LogP contribution in [0, 0.1) is 13.8 Å². The normalized spacial score (nSPS) is 14.2. The Morgan fingerprint density at radius 3 is 2.33 bits per heavy atom. The van der Waals surface area contributed by atoms with Gasteiger partial charge in [0.25, 0.3) is 11.8 Å². The lowest BCUT2D eigenvalue weighted by atomic mass is 10.1. The van der Waals surface area contributed by atoms with E-state index in [-0.39, 0.29) is 11.8 Å². The fraction of sp³-hybridized carbons (Fsp3) is 0.318. The monoisotopic (exact) mass is 425 g/mol. The van der Waals surface area contributed by atoms with Crippen LogP contribution in [0.5, 0.6) is 0 Å². The van der Waals surface area contributed by atoms with Crippen LogP contribution in [0.4, 0.5) is 0 Å². The zero-order valence-electron chi connectivity index (χ0n) is 17.0. The van der Waals surface area contributed by atoms with Gasteiger partial charge in [-0.1, -0.05) is 17.3 Å². The summed E-state index contributed by atoms with van der Waals surface area (Å²) in [5.74, 6) is 1.68. The van der Waals surface area contributed by atoms with E-state index in [1.165, 1.54) is 6.26 Å². The molecular weight excluding hydrogens is 402 g/mol. The number of amides is 2. The highest BCUT2D eigenvalue weighted by Gasteiger charge is 2.27. The van der Waals surface area contributed by atoms with Crippen molar-refractivity contribution in [2.75, 3.05) is 26.2 Å². The summed E-state index contributed by atoms with van der Waals surface area (Å²) >= 11 is 1.60. The molecular formula is C22H23N3O4S. The molecule has 3 aromatic rings. The van der Waals surface area contributed by atoms with Gasteiger partial charge in [-0.15, -0.1) is 11.8 Å². The van der Waals surface area contributed by atoms with E-state index in [2.05, 4.69) is 5.16 Å². The highest BCUT2D eigenvalue weighted by atomic mass is 32.2. The standard InChI is InChI=1S/C22H23N3O4S/c1-15-18(16(2)29-23-15)14-30-20-8-4-3-6-17(20)21(26)24-9-11-25(12-10-24)22(27)19-7-5-13-28-19/h3-8,13H,9-12,14H2,1-2H3. The Hall–Kier alpha value is -3.00. The summed E-state index contributed by atoms with van der Waals surface area (Å²) in [6.45, 7) is 5.78. The van der Waals surface area contributed by atoms with Crippen LogP contribution < -0.4 is 0 Å². The molecule has 0 aliphatic carbocycles. The van der Waals surface area contributed by atoms with Gasteiger partial charge in [0.15, 0.2) is 5.76 Å². The molecule has 1 saturated heterocycles. The van der Waals surface area contributed by atoms with Gasteiger partial charge in [0.2, 0.25) is 0 Å². The molecule has 1 aliphatic heterocycles. The second kappa shape index (κ2) is 8.79. The molecule has 0 saturated carbocycles. The first-order valence-corrected chi connectivity index (χ1v) is 10.8. The Morgan fingerprint density at radius 2 is 1.70 bits per heavy atom. The summed E-state index contributed by atoms with van der Waals surface area (Å²) in [6, 6.07) is 11.0. The molecule has 156 valence electrons. The SMILES string of the molecule is Cc1noc(C)c1CSc1ccccc1C(=O)N1CCN(C(=O)c2ccco2)CC1. The van der Waals surface area contributed by atoms with Crippen LogP contribution in [-0.2, 0) is 5.75 Å². The smallest absolute Gasteiger partial charge is 0.289 e. The lowest BCUT2D eigenvalue weighted by molar-refractivity contribution is 0.0516. The third-order valence-electron chi connectivity index (χ3n) is 5.26. The van der Waals surface area contributed by atoms with Crippen molar-refractivity contribution in [1.29, 1.82) is 0 Å². The van der Waals surface area contributed by atoms with Crippen molar-refractivity contribution in [2.45, 2.75) is 24.5 Å². The minimum Gasteiger partial charge on any atom is -0.459 e. The van der Waals surface area contributed by atoms with Crippen molar-refractivity contribution in [2.24, 2.45) is 0 Å². The molecule has 0 N–H and O–H groups in total. The number of hydrogen-bond donors (Lipinski definition) is 0. The summed E-state index contributed by atoms with van der Waals surface area (Å²) in [4.78, 5) is 30.1. The summed E-state index contributed by atoms with van der Waals surface area (Å²) in [5, 5.41) is 4.00. The minimum atomic E-state index is -0.137. The predicted octanol–water partition coefficient (Wildman–Crippen LogP) is 3.77. The topological polar surface area (TPSA) is 79.8 Å². The molecule has 0 spiro atoms. The van der Waals surface area contributed by atoms with Gasteiger partial charge in [-0.3, -0.25) is 9.59 Å². The number of furan rings is 1. The lowest BCUT2D eigenvalue weighted by Gasteiger charge is -2.34. The maximum absolute atomic E-state index is 13.2. The van der Waals surface area contributed by atoms with Crippen LogP contribution in [-0.4, -0.2) is 52.9 Å². The Balaban J connectivity index is 1.41. The number of benzene rings is 1. The van der Waals surface area contributed by atoms with Crippen molar-refractivity contribution >= 4 is 23.6 Å². The van der Waals surface area contributed by atoms with E-state index in [0.717, 1.165) is 21.9 Å². The first kappa shape index (κ1) is 20.3. The number of hydrogen-bond acceptors (Lipinski definition) is 6. The molecule has 2 amide bonds. The second-order valence-corrected chi connectivity index (χ2v) is 8.17. The molecule has 30 heavy (non-hydrogen) atoms. The lowest BCUT2D eigenvalue weighted by Crippen LogP contribution is -2.50. The van der Waals surface area contributed by atoms with E-state index >= 15 is 0 Å². The van der Waals surface area contributed by atoms with Gasteiger partial charge in [0, 0.05) is 42.4 Å². The highest BCUT2D eigenvalue weighted by Crippen LogP contribution is 2.29. The molecule has 0 bridgehead atoms. The predicted molar refractivity (Wildman–Crippen MR) is 112 cm³/mol. The fourth-order valence-corrected chi connectivity index (χ4v) is 4.66. The second-order valence-electron chi connectivity index (χ2n) is 7.15. The van der Waals surface area contributed by atoms with Gasteiger partial charge in [0.1, 0.15) is 5.76 Å². The average molecular weight is 426 g/mol. The molecule has 0 atom stereocenters. The Labute approximate surface area is 179 Å². The van der Waals surface area contributed by atoms with Gasteiger partial charge in [-0.05, 0) is 38.1 Å². The zero-order valence-corrected chi connectivity index (χ0v) is 17.8. The quantitative estimate of drug-likeness (QED) is 0.579. The summed E-state index contributed by atoms with van der Waals surface area (Å²) in [5.41, 5.74) is 2.62. The summed E-state index contributed by atoms with van der Waals surface area (Å²) in [7, 11) is 0. The van der Waals surface area contributed by atoms with Crippen molar-refractivity contribution < 1.29 is 18.5 Å². The van der Waals surface area contributed by atoms with Crippen molar-refractivity contribution in [3.8, 4) is 0 Å². The molecule has 8 heteroatoms. The van der Waals surface area contributed by atoms with Crippen LogP contribution in [0.1, 0.15) is 37.9 Å².